The normalized spacial score (nSPS) is 14.3. The van der Waals surface area contributed by atoms with Gasteiger partial charge in [0.15, 0.2) is 0 Å². The second-order valence-electron chi connectivity index (χ2n) is 8.73. The minimum absolute atomic E-state index is 0.0858. The predicted octanol–water partition coefficient (Wildman–Crippen LogP) is 3.70. The van der Waals surface area contributed by atoms with Crippen molar-refractivity contribution in [3.8, 4) is 5.75 Å². The van der Waals surface area contributed by atoms with Gasteiger partial charge in [-0.3, -0.25) is 9.10 Å². The van der Waals surface area contributed by atoms with Crippen molar-refractivity contribution in [3.63, 3.8) is 0 Å². The molecule has 9 nitrogen and oxygen atoms in total. The zero-order valence-electron chi connectivity index (χ0n) is 20.6. The molecule has 0 unspecified atom stereocenters. The fraction of sp³-hybridized carbons (Fsp3) is 0.269. The molecular formula is C26H29N3O6S2. The summed E-state index contributed by atoms with van der Waals surface area (Å²) in [5, 5.41) is 2.74. The van der Waals surface area contributed by atoms with Gasteiger partial charge in [0, 0.05) is 18.7 Å². The fourth-order valence-corrected chi connectivity index (χ4v) is 6.57. The van der Waals surface area contributed by atoms with Crippen LogP contribution in [0, 0.1) is 0 Å². The molecule has 196 valence electrons. The molecule has 1 N–H and O–H groups in total. The zero-order valence-corrected chi connectivity index (χ0v) is 22.3. The van der Waals surface area contributed by atoms with Gasteiger partial charge >= 0.3 is 0 Å². The molecule has 1 amide bonds. The summed E-state index contributed by atoms with van der Waals surface area (Å²) in [5.74, 6) is -0.124. The van der Waals surface area contributed by atoms with Crippen LogP contribution in [0.5, 0.6) is 5.75 Å². The summed E-state index contributed by atoms with van der Waals surface area (Å²) in [6.45, 7) is 1.06. The molecule has 1 fully saturated rings. The molecule has 0 bridgehead atoms. The van der Waals surface area contributed by atoms with Gasteiger partial charge in [0.25, 0.3) is 5.91 Å². The van der Waals surface area contributed by atoms with E-state index in [0.717, 1.165) is 19.1 Å². The number of carbonyl (C=O) groups excluding carboxylic acids is 1. The maximum absolute atomic E-state index is 13.0. The fourth-order valence-electron chi connectivity index (χ4n) is 4.14. The Balaban J connectivity index is 1.53. The molecule has 3 aromatic rings. The quantitative estimate of drug-likeness (QED) is 0.440. The Morgan fingerprint density at radius 2 is 1.59 bits per heavy atom. The van der Waals surface area contributed by atoms with Gasteiger partial charge in [-0.05, 0) is 60.9 Å². The van der Waals surface area contributed by atoms with Crippen LogP contribution in [0.1, 0.15) is 28.8 Å². The Morgan fingerprint density at radius 3 is 2.19 bits per heavy atom. The van der Waals surface area contributed by atoms with Crippen LogP contribution in [0.25, 0.3) is 0 Å². The number of hydrogen-bond acceptors (Lipinski definition) is 6. The van der Waals surface area contributed by atoms with Gasteiger partial charge in [-0.15, -0.1) is 0 Å². The van der Waals surface area contributed by atoms with Crippen LogP contribution in [-0.2, 0) is 26.6 Å². The van der Waals surface area contributed by atoms with Crippen molar-refractivity contribution in [1.82, 2.24) is 4.31 Å². The largest absolute Gasteiger partial charge is 0.495 e. The van der Waals surface area contributed by atoms with Crippen molar-refractivity contribution in [2.45, 2.75) is 24.3 Å². The molecule has 0 spiro atoms. The first-order valence-corrected chi connectivity index (χ1v) is 15.0. The highest BCUT2D eigenvalue weighted by atomic mass is 32.2. The molecule has 3 aromatic carbocycles. The van der Waals surface area contributed by atoms with E-state index in [9.17, 15) is 21.6 Å². The van der Waals surface area contributed by atoms with Gasteiger partial charge < -0.3 is 10.1 Å². The number of nitrogens with one attached hydrogen (secondary N) is 1. The Labute approximate surface area is 217 Å². The summed E-state index contributed by atoms with van der Waals surface area (Å²) < 4.78 is 58.7. The minimum atomic E-state index is -3.67. The van der Waals surface area contributed by atoms with Crippen LogP contribution in [0.4, 0.5) is 11.4 Å². The number of methoxy groups -OCH3 is 1. The van der Waals surface area contributed by atoms with Crippen LogP contribution in [0.3, 0.4) is 0 Å². The second kappa shape index (κ2) is 10.9. The first-order valence-electron chi connectivity index (χ1n) is 11.7. The van der Waals surface area contributed by atoms with Crippen LogP contribution in [0.15, 0.2) is 77.7 Å². The number of para-hydroxylation sites is 1. The Kier molecular flexibility index (Phi) is 7.86. The number of anilines is 2. The summed E-state index contributed by atoms with van der Waals surface area (Å²) in [6.07, 6.45) is 2.79. The highest BCUT2D eigenvalue weighted by molar-refractivity contribution is 7.92. The first-order chi connectivity index (χ1) is 17.6. The average Bonchev–Trinajstić information content (AvgIpc) is 3.43. The van der Waals surface area contributed by atoms with Crippen molar-refractivity contribution >= 4 is 37.3 Å². The Bertz CT molecular complexity index is 1470. The molecule has 0 saturated carbocycles. The van der Waals surface area contributed by atoms with Crippen LogP contribution >= 0.6 is 0 Å². The highest BCUT2D eigenvalue weighted by Crippen LogP contribution is 2.30. The topological polar surface area (TPSA) is 113 Å². The number of rotatable bonds is 9. The average molecular weight is 544 g/mol. The number of amides is 1. The van der Waals surface area contributed by atoms with Crippen molar-refractivity contribution in [2.24, 2.45) is 0 Å². The summed E-state index contributed by atoms with van der Waals surface area (Å²) in [5.41, 5.74) is 1.80. The monoisotopic (exact) mass is 543 g/mol. The molecule has 1 aliphatic rings. The van der Waals surface area contributed by atoms with Crippen molar-refractivity contribution < 1.29 is 26.4 Å². The van der Waals surface area contributed by atoms with Gasteiger partial charge in [0.2, 0.25) is 20.0 Å². The molecule has 0 radical (unpaired) electrons. The molecule has 0 aliphatic carbocycles. The molecule has 1 heterocycles. The van der Waals surface area contributed by atoms with Crippen molar-refractivity contribution in [3.05, 3.63) is 83.9 Å². The number of hydrogen-bond donors (Lipinski definition) is 1. The number of benzene rings is 3. The van der Waals surface area contributed by atoms with Crippen LogP contribution in [0.2, 0.25) is 0 Å². The van der Waals surface area contributed by atoms with E-state index in [2.05, 4.69) is 5.32 Å². The van der Waals surface area contributed by atoms with E-state index >= 15 is 0 Å². The molecule has 37 heavy (non-hydrogen) atoms. The van der Waals surface area contributed by atoms with Crippen molar-refractivity contribution in [1.29, 1.82) is 0 Å². The van der Waals surface area contributed by atoms with E-state index in [-0.39, 0.29) is 17.1 Å². The summed E-state index contributed by atoms with van der Waals surface area (Å²) in [4.78, 5) is 13.1. The van der Waals surface area contributed by atoms with E-state index in [1.165, 1.54) is 33.9 Å². The lowest BCUT2D eigenvalue weighted by atomic mass is 10.1. The predicted molar refractivity (Wildman–Crippen MR) is 143 cm³/mol. The summed E-state index contributed by atoms with van der Waals surface area (Å²) >= 11 is 0. The Morgan fingerprint density at radius 1 is 0.946 bits per heavy atom. The Hall–Kier alpha value is -3.41. The second-order valence-corrected chi connectivity index (χ2v) is 12.6. The van der Waals surface area contributed by atoms with Gasteiger partial charge in [-0.1, -0.05) is 30.3 Å². The van der Waals surface area contributed by atoms with E-state index in [0.29, 0.717) is 35.7 Å². The minimum Gasteiger partial charge on any atom is -0.495 e. The third kappa shape index (κ3) is 6.12. The summed E-state index contributed by atoms with van der Waals surface area (Å²) in [7, 11) is -5.75. The molecule has 0 atom stereocenters. The highest BCUT2D eigenvalue weighted by Gasteiger charge is 2.28. The standard InChI is InChI=1S/C26H29N3O6S2/c1-35-25-15-14-23(37(33,34)28-16-6-7-17-28)18-24(25)27-26(30)21-12-10-20(11-13-21)19-29(36(2,31)32)22-8-4-3-5-9-22/h3-5,8-15,18H,6-7,16-17,19H2,1-2H3,(H,27,30). The van der Waals surface area contributed by atoms with Gasteiger partial charge in [-0.2, -0.15) is 4.31 Å². The molecule has 1 aliphatic heterocycles. The van der Waals surface area contributed by atoms with Gasteiger partial charge in [0.1, 0.15) is 5.75 Å². The molecule has 0 aromatic heterocycles. The summed E-state index contributed by atoms with van der Waals surface area (Å²) in [6, 6.07) is 19.7. The van der Waals surface area contributed by atoms with E-state index in [1.54, 1.807) is 48.5 Å². The van der Waals surface area contributed by atoms with E-state index in [1.807, 2.05) is 6.07 Å². The lowest BCUT2D eigenvalue weighted by Gasteiger charge is -2.22. The smallest absolute Gasteiger partial charge is 0.255 e. The zero-order chi connectivity index (χ0) is 26.6. The van der Waals surface area contributed by atoms with Crippen molar-refractivity contribution in [2.75, 3.05) is 36.1 Å². The third-order valence-electron chi connectivity index (χ3n) is 6.11. The molecular weight excluding hydrogens is 514 g/mol. The van der Waals surface area contributed by atoms with Gasteiger partial charge in [0.05, 0.1) is 36.2 Å². The first kappa shape index (κ1) is 26.6. The van der Waals surface area contributed by atoms with Crippen LogP contribution in [-0.4, -0.2) is 53.5 Å². The number of ether oxygens (including phenoxy) is 1. The maximum atomic E-state index is 13.0. The molecule has 1 saturated heterocycles. The number of carbonyl (C=O) groups is 1. The third-order valence-corrected chi connectivity index (χ3v) is 9.14. The van der Waals surface area contributed by atoms with Crippen LogP contribution < -0.4 is 14.4 Å². The van der Waals surface area contributed by atoms with E-state index < -0.39 is 26.0 Å². The van der Waals surface area contributed by atoms with Gasteiger partial charge in [-0.25, -0.2) is 16.8 Å². The molecule has 11 heteroatoms. The lowest BCUT2D eigenvalue weighted by molar-refractivity contribution is 0.102. The van der Waals surface area contributed by atoms with E-state index in [4.69, 9.17) is 4.74 Å². The maximum Gasteiger partial charge on any atom is 0.255 e. The number of nitrogens with zero attached hydrogens (tertiary/aromatic N) is 2. The molecule has 4 rings (SSSR count). The number of sulfonamides is 2. The SMILES string of the molecule is COc1ccc(S(=O)(=O)N2CCCC2)cc1NC(=O)c1ccc(CN(c2ccccc2)S(C)(=O)=O)cc1. The lowest BCUT2D eigenvalue weighted by Crippen LogP contribution is -2.29.